The quantitative estimate of drug-likeness (QED) is 0.476. The number of nitrogens with two attached hydrogens (primary N) is 1. The summed E-state index contributed by atoms with van der Waals surface area (Å²) in [6.07, 6.45) is 7.54. The summed E-state index contributed by atoms with van der Waals surface area (Å²) in [6.45, 7) is 10.0. The van der Waals surface area contributed by atoms with Crippen molar-refractivity contribution in [3.63, 3.8) is 0 Å². The van der Waals surface area contributed by atoms with E-state index in [1.807, 2.05) is 30.5 Å². The lowest BCUT2D eigenvalue weighted by atomic mass is 9.70. The summed E-state index contributed by atoms with van der Waals surface area (Å²) in [6, 6.07) is 16.2. The van der Waals surface area contributed by atoms with E-state index in [-0.39, 0.29) is 5.41 Å². The first-order chi connectivity index (χ1) is 16.1. The molecule has 34 heavy (non-hydrogen) atoms. The molecule has 7 heteroatoms. The van der Waals surface area contributed by atoms with E-state index in [2.05, 4.69) is 66.7 Å². The van der Waals surface area contributed by atoms with Crippen molar-refractivity contribution in [2.75, 3.05) is 0 Å². The first kappa shape index (κ1) is 23.6. The Morgan fingerprint density at radius 1 is 0.912 bits per heavy atom. The van der Waals surface area contributed by atoms with Gasteiger partial charge >= 0.3 is 0 Å². The third-order valence-corrected chi connectivity index (χ3v) is 6.64. The molecule has 1 unspecified atom stereocenters. The number of rotatable bonds is 6. The standard InChI is InChI=1S/C27H32N6O/c1-18(2)27(5,21-11-8-19(9-12-21)23-7-6-16-30-33(23)28)25-14-10-20(17-29-25)22-13-15-24(32-31-22)26(3,4)34/h6-18,30,34H,28H2,1-5H3. The number of aliphatic hydroxyl groups is 1. The molecule has 4 N–H and O–H groups in total. The van der Waals surface area contributed by atoms with Crippen LogP contribution in [0.4, 0.5) is 0 Å². The van der Waals surface area contributed by atoms with E-state index in [0.717, 1.165) is 28.2 Å². The van der Waals surface area contributed by atoms with Gasteiger partial charge in [-0.1, -0.05) is 38.1 Å². The molecule has 3 heterocycles. The molecule has 0 spiro atoms. The van der Waals surface area contributed by atoms with Crippen molar-refractivity contribution in [2.24, 2.45) is 11.8 Å². The Labute approximate surface area is 201 Å². The van der Waals surface area contributed by atoms with Crippen LogP contribution in [0.2, 0.25) is 0 Å². The second kappa shape index (κ2) is 9.00. The predicted molar refractivity (Wildman–Crippen MR) is 135 cm³/mol. The van der Waals surface area contributed by atoms with Crippen LogP contribution < -0.4 is 11.3 Å². The molecule has 176 valence electrons. The van der Waals surface area contributed by atoms with Gasteiger partial charge in [-0.15, -0.1) is 0 Å². The fraction of sp³-hybridized carbons (Fsp3) is 0.296. The first-order valence-electron chi connectivity index (χ1n) is 11.4. The Kier molecular flexibility index (Phi) is 6.25. The van der Waals surface area contributed by atoms with Gasteiger partial charge in [-0.05, 0) is 68.7 Å². The molecule has 0 fully saturated rings. The summed E-state index contributed by atoms with van der Waals surface area (Å²) >= 11 is 0. The van der Waals surface area contributed by atoms with E-state index >= 15 is 0 Å². The molecule has 2 aromatic heterocycles. The number of nitrogens with one attached hydrogen (secondary N) is 1. The van der Waals surface area contributed by atoms with Crippen LogP contribution in [-0.2, 0) is 11.0 Å². The molecule has 0 amide bonds. The minimum absolute atomic E-state index is 0.283. The Morgan fingerprint density at radius 3 is 2.12 bits per heavy atom. The maximum atomic E-state index is 10.1. The molecule has 0 radical (unpaired) electrons. The van der Waals surface area contributed by atoms with Crippen LogP contribution in [0.1, 0.15) is 57.1 Å². The van der Waals surface area contributed by atoms with Gasteiger partial charge in [-0.2, -0.15) is 10.2 Å². The molecule has 0 saturated heterocycles. The summed E-state index contributed by atoms with van der Waals surface area (Å²) in [5.74, 6) is 6.35. The molecule has 7 nitrogen and oxygen atoms in total. The molecular formula is C27H32N6O. The van der Waals surface area contributed by atoms with E-state index in [1.165, 1.54) is 10.7 Å². The molecule has 1 aliphatic rings. The van der Waals surface area contributed by atoms with Crippen LogP contribution >= 0.6 is 0 Å². The van der Waals surface area contributed by atoms with Crippen molar-refractivity contribution in [3.05, 3.63) is 95.6 Å². The van der Waals surface area contributed by atoms with Crippen molar-refractivity contribution < 1.29 is 5.11 Å². The van der Waals surface area contributed by atoms with E-state index in [1.54, 1.807) is 26.1 Å². The predicted octanol–water partition coefficient (Wildman–Crippen LogP) is 4.28. The number of pyridine rings is 1. The van der Waals surface area contributed by atoms with Gasteiger partial charge in [0, 0.05) is 28.9 Å². The third kappa shape index (κ3) is 4.44. The highest BCUT2D eigenvalue weighted by molar-refractivity contribution is 5.66. The molecule has 1 aromatic carbocycles. The number of aromatic nitrogens is 3. The highest BCUT2D eigenvalue weighted by Crippen LogP contribution is 2.39. The van der Waals surface area contributed by atoms with E-state index in [9.17, 15) is 5.11 Å². The van der Waals surface area contributed by atoms with Crippen molar-refractivity contribution in [2.45, 2.75) is 45.6 Å². The minimum atomic E-state index is -1.02. The average Bonchev–Trinajstić information content (AvgIpc) is 2.83. The third-order valence-electron chi connectivity index (χ3n) is 6.64. The van der Waals surface area contributed by atoms with Gasteiger partial charge in [0.1, 0.15) is 5.60 Å². The van der Waals surface area contributed by atoms with Gasteiger partial charge in [0.15, 0.2) is 0 Å². The smallest absolute Gasteiger partial charge is 0.103 e. The summed E-state index contributed by atoms with van der Waals surface area (Å²) in [7, 11) is 0. The average molecular weight is 457 g/mol. The molecule has 0 bridgehead atoms. The number of hydrogen-bond acceptors (Lipinski definition) is 7. The van der Waals surface area contributed by atoms with Crippen molar-refractivity contribution in [1.82, 2.24) is 25.7 Å². The lowest BCUT2D eigenvalue weighted by Crippen LogP contribution is -2.40. The summed E-state index contributed by atoms with van der Waals surface area (Å²) < 4.78 is 0. The van der Waals surface area contributed by atoms with Crippen LogP contribution in [0.15, 0.2) is 73.1 Å². The number of allylic oxidation sites excluding steroid dienone is 2. The Hall–Kier alpha value is -3.55. The van der Waals surface area contributed by atoms with Gasteiger partial charge in [-0.25, -0.2) is 11.0 Å². The molecule has 1 aliphatic heterocycles. The fourth-order valence-corrected chi connectivity index (χ4v) is 4.08. The van der Waals surface area contributed by atoms with Gasteiger partial charge in [0.05, 0.1) is 22.8 Å². The van der Waals surface area contributed by atoms with Gasteiger partial charge in [0.25, 0.3) is 0 Å². The second-order valence-electron chi connectivity index (χ2n) is 9.64. The van der Waals surface area contributed by atoms with E-state index in [4.69, 9.17) is 10.8 Å². The van der Waals surface area contributed by atoms with Crippen molar-refractivity contribution in [1.29, 1.82) is 0 Å². The van der Waals surface area contributed by atoms with Gasteiger partial charge in [-0.3, -0.25) is 10.4 Å². The van der Waals surface area contributed by atoms with Crippen molar-refractivity contribution >= 4 is 5.70 Å². The molecule has 4 rings (SSSR count). The Bertz CT molecular complexity index is 1190. The SMILES string of the molecule is CC(C)C(C)(c1ccc(C2=CC=CNN2N)cc1)c1ccc(-c2ccc(C(C)(C)O)nn2)cn1. The molecule has 1 atom stereocenters. The summed E-state index contributed by atoms with van der Waals surface area (Å²) in [4.78, 5) is 4.84. The number of hydrogen-bond donors (Lipinski definition) is 3. The van der Waals surface area contributed by atoms with Crippen LogP contribution in [0.5, 0.6) is 0 Å². The second-order valence-corrected chi connectivity index (χ2v) is 9.64. The first-order valence-corrected chi connectivity index (χ1v) is 11.4. The van der Waals surface area contributed by atoms with E-state index < -0.39 is 5.60 Å². The zero-order chi connectivity index (χ0) is 24.5. The van der Waals surface area contributed by atoms with Crippen LogP contribution in [0.25, 0.3) is 17.0 Å². The largest absolute Gasteiger partial charge is 0.384 e. The monoisotopic (exact) mass is 456 g/mol. The topological polar surface area (TPSA) is 100 Å². The highest BCUT2D eigenvalue weighted by atomic mass is 16.3. The van der Waals surface area contributed by atoms with Gasteiger partial charge < -0.3 is 5.11 Å². The van der Waals surface area contributed by atoms with Crippen LogP contribution in [-0.4, -0.2) is 25.4 Å². The Balaban J connectivity index is 1.63. The number of benzene rings is 1. The summed E-state index contributed by atoms with van der Waals surface area (Å²) in [5, 5.41) is 20.1. The molecule has 0 saturated carbocycles. The van der Waals surface area contributed by atoms with Crippen LogP contribution in [0, 0.1) is 5.92 Å². The normalized spacial score (nSPS) is 15.6. The van der Waals surface area contributed by atoms with E-state index in [0.29, 0.717) is 11.6 Å². The lowest BCUT2D eigenvalue weighted by molar-refractivity contribution is 0.0729. The zero-order valence-corrected chi connectivity index (χ0v) is 20.3. The maximum Gasteiger partial charge on any atom is 0.103 e. The summed E-state index contributed by atoms with van der Waals surface area (Å²) in [5.41, 5.74) is 7.92. The molecule has 3 aromatic rings. The molecular weight excluding hydrogens is 424 g/mol. The zero-order valence-electron chi connectivity index (χ0n) is 20.3. The minimum Gasteiger partial charge on any atom is -0.384 e. The van der Waals surface area contributed by atoms with Gasteiger partial charge in [0.2, 0.25) is 0 Å². The van der Waals surface area contributed by atoms with Crippen LogP contribution in [0.3, 0.4) is 0 Å². The lowest BCUT2D eigenvalue weighted by Gasteiger charge is -2.34. The number of hydrazine groups is 2. The Morgan fingerprint density at radius 2 is 1.59 bits per heavy atom. The van der Waals surface area contributed by atoms with Crippen molar-refractivity contribution in [3.8, 4) is 11.3 Å². The fourth-order valence-electron chi connectivity index (χ4n) is 4.08. The number of nitrogens with zero attached hydrogens (tertiary/aromatic N) is 4. The molecule has 0 aliphatic carbocycles. The maximum absolute atomic E-state index is 10.1. The highest BCUT2D eigenvalue weighted by Gasteiger charge is 2.34.